The Morgan fingerprint density at radius 1 is 1.41 bits per heavy atom. The number of amides is 1. The SMILES string of the molecule is CCCSc1nc(N2CCOCC2)c2cnn(CCNC(=O)C(C)Cl)c2n1. The minimum absolute atomic E-state index is 0.184. The van der Waals surface area contributed by atoms with Crippen LogP contribution < -0.4 is 10.2 Å². The summed E-state index contributed by atoms with van der Waals surface area (Å²) in [6, 6.07) is 0. The smallest absolute Gasteiger partial charge is 0.237 e. The van der Waals surface area contributed by atoms with Crippen LogP contribution in [0.2, 0.25) is 0 Å². The summed E-state index contributed by atoms with van der Waals surface area (Å²) in [4.78, 5) is 23.4. The van der Waals surface area contributed by atoms with Gasteiger partial charge in [0.15, 0.2) is 10.8 Å². The minimum Gasteiger partial charge on any atom is -0.378 e. The highest BCUT2D eigenvalue weighted by atomic mass is 35.5. The first-order valence-corrected chi connectivity index (χ1v) is 10.6. The molecule has 1 saturated heterocycles. The molecule has 27 heavy (non-hydrogen) atoms. The summed E-state index contributed by atoms with van der Waals surface area (Å²) in [5.41, 5.74) is 0.790. The summed E-state index contributed by atoms with van der Waals surface area (Å²) >= 11 is 7.44. The van der Waals surface area contributed by atoms with Gasteiger partial charge < -0.3 is 15.0 Å². The van der Waals surface area contributed by atoms with E-state index in [9.17, 15) is 4.79 Å². The van der Waals surface area contributed by atoms with Crippen molar-refractivity contribution >= 4 is 46.1 Å². The molecule has 0 radical (unpaired) electrons. The first-order chi connectivity index (χ1) is 13.1. The summed E-state index contributed by atoms with van der Waals surface area (Å²) < 4.78 is 7.28. The van der Waals surface area contributed by atoms with E-state index in [1.54, 1.807) is 24.9 Å². The van der Waals surface area contributed by atoms with Crippen molar-refractivity contribution in [3.8, 4) is 0 Å². The monoisotopic (exact) mass is 412 g/mol. The maximum atomic E-state index is 11.6. The fourth-order valence-electron chi connectivity index (χ4n) is 2.78. The number of hydrogen-bond donors (Lipinski definition) is 1. The van der Waals surface area contributed by atoms with Gasteiger partial charge in [-0.3, -0.25) is 4.79 Å². The largest absolute Gasteiger partial charge is 0.378 e. The Morgan fingerprint density at radius 2 is 2.19 bits per heavy atom. The number of anilines is 1. The van der Waals surface area contributed by atoms with Crippen molar-refractivity contribution in [1.29, 1.82) is 0 Å². The number of fused-ring (bicyclic) bond motifs is 1. The van der Waals surface area contributed by atoms with Gasteiger partial charge in [-0.2, -0.15) is 5.10 Å². The molecule has 0 saturated carbocycles. The lowest BCUT2D eigenvalue weighted by atomic mass is 10.3. The van der Waals surface area contributed by atoms with Crippen molar-refractivity contribution in [2.24, 2.45) is 0 Å². The van der Waals surface area contributed by atoms with E-state index in [1.807, 2.05) is 4.68 Å². The fraction of sp³-hybridized carbons (Fsp3) is 0.647. The summed E-state index contributed by atoms with van der Waals surface area (Å²) in [6.07, 6.45) is 2.86. The van der Waals surface area contributed by atoms with Crippen molar-refractivity contribution in [2.75, 3.05) is 43.5 Å². The van der Waals surface area contributed by atoms with E-state index in [2.05, 4.69) is 22.2 Å². The van der Waals surface area contributed by atoms with Crippen LogP contribution in [0, 0.1) is 0 Å². The van der Waals surface area contributed by atoms with Gasteiger partial charge in [0.1, 0.15) is 11.2 Å². The number of morpholine rings is 1. The third-order valence-electron chi connectivity index (χ3n) is 4.19. The number of alkyl halides is 1. The van der Waals surface area contributed by atoms with Gasteiger partial charge in [0.25, 0.3) is 0 Å². The molecule has 2 aromatic heterocycles. The molecule has 3 rings (SSSR count). The maximum absolute atomic E-state index is 11.6. The summed E-state index contributed by atoms with van der Waals surface area (Å²) in [6.45, 7) is 7.76. The molecular formula is C17H25ClN6O2S. The predicted octanol–water partition coefficient (Wildman–Crippen LogP) is 1.91. The lowest BCUT2D eigenvalue weighted by molar-refractivity contribution is -0.120. The zero-order chi connectivity index (χ0) is 19.2. The summed E-state index contributed by atoms with van der Waals surface area (Å²) in [5.74, 6) is 1.69. The van der Waals surface area contributed by atoms with E-state index in [0.29, 0.717) is 26.3 Å². The predicted molar refractivity (Wildman–Crippen MR) is 108 cm³/mol. The van der Waals surface area contributed by atoms with Crippen LogP contribution in [0.5, 0.6) is 0 Å². The first-order valence-electron chi connectivity index (χ1n) is 9.21. The number of thioether (sulfide) groups is 1. The van der Waals surface area contributed by atoms with E-state index in [4.69, 9.17) is 26.3 Å². The van der Waals surface area contributed by atoms with Gasteiger partial charge in [-0.25, -0.2) is 14.6 Å². The highest BCUT2D eigenvalue weighted by molar-refractivity contribution is 7.99. The van der Waals surface area contributed by atoms with Crippen molar-refractivity contribution < 1.29 is 9.53 Å². The first kappa shape index (κ1) is 20.2. The van der Waals surface area contributed by atoms with Crippen LogP contribution in [0.3, 0.4) is 0 Å². The number of nitrogens with zero attached hydrogens (tertiary/aromatic N) is 5. The minimum atomic E-state index is -0.549. The lowest BCUT2D eigenvalue weighted by Gasteiger charge is -2.28. The second kappa shape index (κ2) is 9.57. The van der Waals surface area contributed by atoms with Gasteiger partial charge >= 0.3 is 0 Å². The van der Waals surface area contributed by atoms with Crippen molar-refractivity contribution in [2.45, 2.75) is 37.3 Å². The number of halogens is 1. The molecule has 3 heterocycles. The van der Waals surface area contributed by atoms with Crippen LogP contribution in [0.25, 0.3) is 11.0 Å². The van der Waals surface area contributed by atoms with Crippen molar-refractivity contribution in [1.82, 2.24) is 25.1 Å². The average Bonchev–Trinajstić information content (AvgIpc) is 3.09. The van der Waals surface area contributed by atoms with Crippen LogP contribution in [0.1, 0.15) is 20.3 Å². The van der Waals surface area contributed by atoms with E-state index < -0.39 is 5.38 Å². The topological polar surface area (TPSA) is 85.2 Å². The highest BCUT2D eigenvalue weighted by Crippen LogP contribution is 2.28. The number of carbonyl (C=O) groups is 1. The highest BCUT2D eigenvalue weighted by Gasteiger charge is 2.20. The maximum Gasteiger partial charge on any atom is 0.237 e. The third-order valence-corrected chi connectivity index (χ3v) is 5.44. The Balaban J connectivity index is 1.85. The van der Waals surface area contributed by atoms with Crippen LogP contribution in [-0.2, 0) is 16.1 Å². The molecular weight excluding hydrogens is 388 g/mol. The normalized spacial score (nSPS) is 15.9. The zero-order valence-corrected chi connectivity index (χ0v) is 17.2. The molecule has 1 N–H and O–H groups in total. The van der Waals surface area contributed by atoms with Crippen LogP contribution in [0.15, 0.2) is 11.4 Å². The van der Waals surface area contributed by atoms with E-state index in [1.165, 1.54) is 0 Å². The van der Waals surface area contributed by atoms with Crippen molar-refractivity contribution in [3.63, 3.8) is 0 Å². The fourth-order valence-corrected chi connectivity index (χ4v) is 3.55. The Bertz CT molecular complexity index is 778. The number of nitrogens with one attached hydrogen (secondary N) is 1. The molecule has 1 fully saturated rings. The quantitative estimate of drug-likeness (QED) is 0.402. The molecule has 0 aromatic carbocycles. The standard InChI is InChI=1S/C17H25ClN6O2S/c1-3-10-27-17-21-14(23-6-8-26-9-7-23)13-11-20-24(15(13)22-17)5-4-19-16(25)12(2)18/h11-12H,3-10H2,1-2H3,(H,19,25). The molecule has 0 spiro atoms. The van der Waals surface area contributed by atoms with Gasteiger partial charge in [0, 0.05) is 25.4 Å². The molecule has 1 amide bonds. The number of aromatic nitrogens is 4. The van der Waals surface area contributed by atoms with Gasteiger partial charge in [0.05, 0.1) is 31.3 Å². The molecule has 10 heteroatoms. The third kappa shape index (κ3) is 5.03. The van der Waals surface area contributed by atoms with Crippen LogP contribution >= 0.6 is 23.4 Å². The Labute approximate surface area is 168 Å². The number of rotatable bonds is 8. The van der Waals surface area contributed by atoms with Crippen LogP contribution in [-0.4, -0.2) is 69.6 Å². The summed E-state index contributed by atoms with van der Waals surface area (Å²) in [5, 5.41) is 8.41. The molecule has 1 atom stereocenters. The Kier molecular flexibility index (Phi) is 7.14. The number of hydrogen-bond acceptors (Lipinski definition) is 7. The average molecular weight is 413 g/mol. The molecule has 2 aromatic rings. The molecule has 8 nitrogen and oxygen atoms in total. The number of carbonyl (C=O) groups excluding carboxylic acids is 1. The molecule has 148 valence electrons. The van der Waals surface area contributed by atoms with Crippen molar-refractivity contribution in [3.05, 3.63) is 6.20 Å². The van der Waals surface area contributed by atoms with E-state index in [0.717, 1.165) is 47.3 Å². The number of ether oxygens (including phenoxy) is 1. The second-order valence-corrected chi connectivity index (χ2v) is 8.01. The summed E-state index contributed by atoms with van der Waals surface area (Å²) in [7, 11) is 0. The van der Waals surface area contributed by atoms with Crippen LogP contribution in [0.4, 0.5) is 5.82 Å². The van der Waals surface area contributed by atoms with Gasteiger partial charge in [-0.15, -0.1) is 11.6 Å². The molecule has 1 unspecified atom stereocenters. The van der Waals surface area contributed by atoms with Gasteiger partial charge in [-0.05, 0) is 13.3 Å². The molecule has 1 aliphatic rings. The van der Waals surface area contributed by atoms with E-state index in [-0.39, 0.29) is 5.91 Å². The Morgan fingerprint density at radius 3 is 2.89 bits per heavy atom. The molecule has 0 bridgehead atoms. The molecule has 0 aliphatic carbocycles. The second-order valence-electron chi connectivity index (χ2n) is 6.29. The zero-order valence-electron chi connectivity index (χ0n) is 15.7. The van der Waals surface area contributed by atoms with Gasteiger partial charge in [-0.1, -0.05) is 18.7 Å². The van der Waals surface area contributed by atoms with Gasteiger partial charge in [0.2, 0.25) is 5.91 Å². The lowest BCUT2D eigenvalue weighted by Crippen LogP contribution is -2.37. The van der Waals surface area contributed by atoms with E-state index >= 15 is 0 Å². The molecule has 1 aliphatic heterocycles. The Hall–Kier alpha value is -1.58.